The molecule has 2 rings (SSSR count). The lowest BCUT2D eigenvalue weighted by atomic mass is 9.99. The van der Waals surface area contributed by atoms with Crippen LogP contribution in [0.3, 0.4) is 0 Å². The summed E-state index contributed by atoms with van der Waals surface area (Å²) in [5.74, 6) is 0. The third-order valence-corrected chi connectivity index (χ3v) is 3.55. The average Bonchev–Trinajstić information content (AvgIpc) is 2.55. The Morgan fingerprint density at radius 1 is 0.909 bits per heavy atom. The van der Waals surface area contributed by atoms with Gasteiger partial charge in [0.15, 0.2) is 0 Å². The van der Waals surface area contributed by atoms with E-state index < -0.39 is 0 Å². The second-order valence-electron chi connectivity index (χ2n) is 4.40. The molecule has 1 saturated carbocycles. The van der Waals surface area contributed by atoms with Gasteiger partial charge in [-0.25, -0.2) is 0 Å². The zero-order valence-corrected chi connectivity index (χ0v) is 7.60. The second kappa shape index (κ2) is 2.78. The molecule has 1 heteroatoms. The monoisotopic (exact) mass is 153 g/mol. The first-order valence-electron chi connectivity index (χ1n) is 5.06. The zero-order chi connectivity index (χ0) is 7.73. The summed E-state index contributed by atoms with van der Waals surface area (Å²) in [5, 5.41) is 0. The van der Waals surface area contributed by atoms with E-state index in [1.807, 2.05) is 0 Å². The van der Waals surface area contributed by atoms with Gasteiger partial charge < -0.3 is 0 Å². The van der Waals surface area contributed by atoms with E-state index in [0.29, 0.717) is 5.54 Å². The Morgan fingerprint density at radius 2 is 1.45 bits per heavy atom. The fraction of sp³-hybridized carbons (Fsp3) is 1.00. The first-order valence-corrected chi connectivity index (χ1v) is 5.06. The first-order chi connectivity index (χ1) is 5.31. The lowest BCUT2D eigenvalue weighted by molar-refractivity contribution is 0.142. The van der Waals surface area contributed by atoms with E-state index in [0.717, 1.165) is 0 Å². The van der Waals surface area contributed by atoms with Crippen molar-refractivity contribution in [3.05, 3.63) is 0 Å². The molecule has 1 nitrogen and oxygen atoms in total. The summed E-state index contributed by atoms with van der Waals surface area (Å²) in [4.78, 5) is 2.72. The van der Waals surface area contributed by atoms with Gasteiger partial charge in [0.1, 0.15) is 0 Å². The first kappa shape index (κ1) is 7.60. The topological polar surface area (TPSA) is 3.24 Å². The number of hydrogen-bond acceptors (Lipinski definition) is 1. The van der Waals surface area contributed by atoms with E-state index >= 15 is 0 Å². The minimum Gasteiger partial charge on any atom is -0.298 e. The summed E-state index contributed by atoms with van der Waals surface area (Å²) in [6.45, 7) is 5.21. The van der Waals surface area contributed by atoms with Crippen LogP contribution in [0.25, 0.3) is 0 Å². The maximum absolute atomic E-state index is 2.72. The van der Waals surface area contributed by atoms with Crippen molar-refractivity contribution in [2.45, 2.75) is 51.0 Å². The Bertz CT molecular complexity index is 130. The maximum atomic E-state index is 2.72. The Hall–Kier alpha value is -0.0400. The normalized spacial score (nSPS) is 31.4. The third kappa shape index (κ3) is 1.31. The second-order valence-corrected chi connectivity index (χ2v) is 4.40. The van der Waals surface area contributed by atoms with Crippen LogP contribution in [-0.2, 0) is 0 Å². The highest BCUT2D eigenvalue weighted by Crippen LogP contribution is 2.36. The fourth-order valence-electron chi connectivity index (χ4n) is 2.71. The molecule has 0 aromatic carbocycles. The summed E-state index contributed by atoms with van der Waals surface area (Å²) in [5.41, 5.74) is 0.608. The molecule has 0 spiro atoms. The summed E-state index contributed by atoms with van der Waals surface area (Å²) in [6.07, 6.45) is 8.71. The molecular formula is C10H19N. The number of rotatable bonds is 1. The molecule has 0 amide bonds. The number of nitrogens with zero attached hydrogens (tertiary/aromatic N) is 1. The largest absolute Gasteiger partial charge is 0.298 e. The van der Waals surface area contributed by atoms with Crippen molar-refractivity contribution in [3.63, 3.8) is 0 Å². The van der Waals surface area contributed by atoms with Gasteiger partial charge in [-0.05, 0) is 45.7 Å². The van der Waals surface area contributed by atoms with Gasteiger partial charge in [0.25, 0.3) is 0 Å². The molecule has 1 heterocycles. The molecule has 0 bridgehead atoms. The highest BCUT2D eigenvalue weighted by molar-refractivity contribution is 4.92. The molecular weight excluding hydrogens is 134 g/mol. The summed E-state index contributed by atoms with van der Waals surface area (Å²) in [6, 6.07) is 0. The molecule has 2 aliphatic rings. The van der Waals surface area contributed by atoms with Gasteiger partial charge in [-0.1, -0.05) is 12.8 Å². The predicted octanol–water partition coefficient (Wildman–Crippen LogP) is 2.41. The van der Waals surface area contributed by atoms with Crippen LogP contribution in [0.15, 0.2) is 0 Å². The number of likely N-dealkylation sites (tertiary alicyclic amines) is 1. The highest BCUT2D eigenvalue weighted by Gasteiger charge is 2.35. The van der Waals surface area contributed by atoms with Crippen molar-refractivity contribution in [1.29, 1.82) is 0 Å². The average molecular weight is 153 g/mol. The molecule has 0 unspecified atom stereocenters. The van der Waals surface area contributed by atoms with Crippen LogP contribution in [0, 0.1) is 0 Å². The van der Waals surface area contributed by atoms with Crippen LogP contribution >= 0.6 is 0 Å². The van der Waals surface area contributed by atoms with Crippen LogP contribution in [-0.4, -0.2) is 23.5 Å². The summed E-state index contributed by atoms with van der Waals surface area (Å²) < 4.78 is 0. The molecule has 1 aliphatic carbocycles. The van der Waals surface area contributed by atoms with Crippen molar-refractivity contribution in [1.82, 2.24) is 4.90 Å². The minimum absolute atomic E-state index is 0.608. The smallest absolute Gasteiger partial charge is 0.0181 e. The zero-order valence-electron chi connectivity index (χ0n) is 7.60. The molecule has 1 aliphatic heterocycles. The van der Waals surface area contributed by atoms with Crippen LogP contribution in [0.5, 0.6) is 0 Å². The van der Waals surface area contributed by atoms with E-state index in [-0.39, 0.29) is 0 Å². The van der Waals surface area contributed by atoms with Gasteiger partial charge >= 0.3 is 0 Å². The Morgan fingerprint density at radius 3 is 2.00 bits per heavy atom. The van der Waals surface area contributed by atoms with Gasteiger partial charge in [-0.2, -0.15) is 0 Å². The van der Waals surface area contributed by atoms with Crippen LogP contribution < -0.4 is 0 Å². The Labute approximate surface area is 69.8 Å². The molecule has 64 valence electrons. The lowest BCUT2D eigenvalue weighted by Gasteiger charge is -2.35. The van der Waals surface area contributed by atoms with Crippen molar-refractivity contribution in [2.75, 3.05) is 13.1 Å². The van der Waals surface area contributed by atoms with Crippen molar-refractivity contribution < 1.29 is 0 Å². The quantitative estimate of drug-likeness (QED) is 0.559. The van der Waals surface area contributed by atoms with Crippen molar-refractivity contribution in [2.24, 2.45) is 0 Å². The molecule has 1 saturated heterocycles. The van der Waals surface area contributed by atoms with E-state index in [4.69, 9.17) is 0 Å². The summed E-state index contributed by atoms with van der Waals surface area (Å²) >= 11 is 0. The molecule has 2 fully saturated rings. The summed E-state index contributed by atoms with van der Waals surface area (Å²) in [7, 11) is 0. The van der Waals surface area contributed by atoms with Crippen molar-refractivity contribution >= 4 is 0 Å². The van der Waals surface area contributed by atoms with E-state index in [1.54, 1.807) is 0 Å². The standard InChI is InChI=1S/C10H19N/c1-10(6-2-3-7-10)11-8-4-5-9-11/h2-9H2,1H3. The highest BCUT2D eigenvalue weighted by atomic mass is 15.2. The minimum atomic E-state index is 0.608. The molecule has 0 atom stereocenters. The predicted molar refractivity (Wildman–Crippen MR) is 47.7 cm³/mol. The van der Waals surface area contributed by atoms with Gasteiger partial charge in [0, 0.05) is 5.54 Å². The van der Waals surface area contributed by atoms with Crippen molar-refractivity contribution in [3.8, 4) is 0 Å². The SMILES string of the molecule is CC1(N2CCCC2)CCCC1. The van der Waals surface area contributed by atoms with E-state index in [2.05, 4.69) is 11.8 Å². The molecule has 0 radical (unpaired) electrons. The van der Waals surface area contributed by atoms with E-state index in [9.17, 15) is 0 Å². The van der Waals surface area contributed by atoms with Crippen LogP contribution in [0.4, 0.5) is 0 Å². The molecule has 0 aromatic rings. The van der Waals surface area contributed by atoms with Gasteiger partial charge in [0.05, 0.1) is 0 Å². The Balaban J connectivity index is 2.00. The Kier molecular flexibility index (Phi) is 1.92. The van der Waals surface area contributed by atoms with Crippen LogP contribution in [0.1, 0.15) is 45.4 Å². The maximum Gasteiger partial charge on any atom is 0.0181 e. The van der Waals surface area contributed by atoms with Gasteiger partial charge in [-0.3, -0.25) is 4.90 Å². The molecule has 0 N–H and O–H groups in total. The number of hydrogen-bond donors (Lipinski definition) is 0. The van der Waals surface area contributed by atoms with Crippen LogP contribution in [0.2, 0.25) is 0 Å². The molecule has 11 heavy (non-hydrogen) atoms. The third-order valence-electron chi connectivity index (χ3n) is 3.55. The van der Waals surface area contributed by atoms with Gasteiger partial charge in [0.2, 0.25) is 0 Å². The van der Waals surface area contributed by atoms with E-state index in [1.165, 1.54) is 51.6 Å². The van der Waals surface area contributed by atoms with Gasteiger partial charge in [-0.15, -0.1) is 0 Å². The lowest BCUT2D eigenvalue weighted by Crippen LogP contribution is -2.41. The molecule has 0 aromatic heterocycles. The fourth-order valence-corrected chi connectivity index (χ4v) is 2.71.